The first kappa shape index (κ1) is 20.4. The maximum atomic E-state index is 13.5. The maximum absolute atomic E-state index is 13.5. The molecule has 0 bridgehead atoms. The first-order valence-electron chi connectivity index (χ1n) is 10.6. The molecule has 2 aromatic carbocycles. The van der Waals surface area contributed by atoms with E-state index in [1.165, 1.54) is 23.5 Å². The van der Waals surface area contributed by atoms with Gasteiger partial charge in [0.25, 0.3) is 0 Å². The Morgan fingerprint density at radius 1 is 1.13 bits per heavy atom. The van der Waals surface area contributed by atoms with Crippen LogP contribution in [0.25, 0.3) is 11.1 Å². The smallest absolute Gasteiger partial charge is 0.319 e. The summed E-state index contributed by atoms with van der Waals surface area (Å²) < 4.78 is 13.5. The average Bonchev–Trinajstić information content (AvgIpc) is 2.75. The molecule has 5 nitrogen and oxygen atoms in total. The second-order valence-electron chi connectivity index (χ2n) is 8.17. The van der Waals surface area contributed by atoms with E-state index < -0.39 is 12.1 Å². The normalized spacial score (nSPS) is 24.0. The van der Waals surface area contributed by atoms with Crippen molar-refractivity contribution in [3.05, 3.63) is 59.9 Å². The molecule has 0 aromatic heterocycles. The molecule has 6 heteroatoms. The Morgan fingerprint density at radius 3 is 2.50 bits per heavy atom. The minimum absolute atomic E-state index is 0.148. The van der Waals surface area contributed by atoms with Gasteiger partial charge in [-0.15, -0.1) is 0 Å². The highest BCUT2D eigenvalue weighted by molar-refractivity contribution is 5.78. The lowest BCUT2D eigenvalue weighted by Crippen LogP contribution is -2.67. The van der Waals surface area contributed by atoms with Gasteiger partial charge in [0.2, 0.25) is 0 Å². The van der Waals surface area contributed by atoms with Crippen molar-refractivity contribution in [2.45, 2.75) is 56.1 Å². The van der Waals surface area contributed by atoms with Crippen LogP contribution in [0.3, 0.4) is 0 Å². The zero-order valence-electron chi connectivity index (χ0n) is 16.8. The van der Waals surface area contributed by atoms with Gasteiger partial charge in [0.05, 0.1) is 18.7 Å². The van der Waals surface area contributed by atoms with Gasteiger partial charge in [-0.1, -0.05) is 55.7 Å². The van der Waals surface area contributed by atoms with E-state index in [0.29, 0.717) is 0 Å². The Bertz CT molecular complexity index is 934. The Kier molecular flexibility index (Phi) is 6.01. The van der Waals surface area contributed by atoms with Crippen LogP contribution in [0.2, 0.25) is 0 Å². The number of hydrogen-bond acceptors (Lipinski definition) is 3. The minimum atomic E-state index is -0.620. The van der Waals surface area contributed by atoms with Crippen LogP contribution in [0.1, 0.15) is 43.6 Å². The third-order valence-corrected chi connectivity index (χ3v) is 6.35. The summed E-state index contributed by atoms with van der Waals surface area (Å²) in [6, 6.07) is 15.0. The molecule has 2 aromatic rings. The zero-order valence-corrected chi connectivity index (χ0v) is 16.8. The maximum Gasteiger partial charge on any atom is 0.319 e. The van der Waals surface area contributed by atoms with E-state index in [9.17, 15) is 19.6 Å². The molecule has 2 fully saturated rings. The van der Waals surface area contributed by atoms with E-state index in [0.717, 1.165) is 42.4 Å². The molecule has 2 N–H and O–H groups in total. The molecule has 1 heterocycles. The van der Waals surface area contributed by atoms with E-state index in [-0.39, 0.29) is 30.4 Å². The molecule has 0 unspecified atom stereocenters. The number of aliphatic hydroxyl groups is 1. The quantitative estimate of drug-likeness (QED) is 0.798. The van der Waals surface area contributed by atoms with Gasteiger partial charge in [0, 0.05) is 12.0 Å². The van der Waals surface area contributed by atoms with Crippen LogP contribution in [-0.4, -0.2) is 40.8 Å². The topological polar surface area (TPSA) is 76.4 Å². The predicted molar refractivity (Wildman–Crippen MR) is 112 cm³/mol. The number of nitrogens with one attached hydrogen (secondary N) is 1. The van der Waals surface area contributed by atoms with Crippen LogP contribution in [0.4, 0.5) is 9.18 Å². The number of benzene rings is 2. The Balaban J connectivity index is 1.50. The summed E-state index contributed by atoms with van der Waals surface area (Å²) in [4.78, 5) is 14.3. The van der Waals surface area contributed by atoms with E-state index >= 15 is 0 Å². The molecule has 1 aliphatic carbocycles. The average molecular weight is 407 g/mol. The van der Waals surface area contributed by atoms with Crippen molar-refractivity contribution in [2.75, 3.05) is 6.61 Å². The summed E-state index contributed by atoms with van der Waals surface area (Å²) in [6.45, 7) is -0.202. The zero-order chi connectivity index (χ0) is 21.1. The van der Waals surface area contributed by atoms with E-state index in [1.807, 2.05) is 30.3 Å². The van der Waals surface area contributed by atoms with Crippen molar-refractivity contribution in [3.63, 3.8) is 0 Å². The lowest BCUT2D eigenvalue weighted by atomic mass is 9.75. The lowest BCUT2D eigenvalue weighted by Gasteiger charge is -2.51. The lowest BCUT2D eigenvalue weighted by molar-refractivity contribution is 0.0153. The highest BCUT2D eigenvalue weighted by atomic mass is 19.1. The summed E-state index contributed by atoms with van der Waals surface area (Å²) in [5, 5.41) is 22.7. The third kappa shape index (κ3) is 3.90. The van der Waals surface area contributed by atoms with Crippen molar-refractivity contribution in [3.8, 4) is 17.2 Å². The number of halogens is 1. The van der Waals surface area contributed by atoms with Crippen LogP contribution < -0.4 is 5.32 Å². The highest BCUT2D eigenvalue weighted by Gasteiger charge is 2.52. The summed E-state index contributed by atoms with van der Waals surface area (Å²) >= 11 is 0. The van der Waals surface area contributed by atoms with Gasteiger partial charge >= 0.3 is 6.03 Å². The second kappa shape index (κ2) is 8.85. The monoisotopic (exact) mass is 407 g/mol. The van der Waals surface area contributed by atoms with Gasteiger partial charge in [0.1, 0.15) is 11.9 Å². The minimum Gasteiger partial charge on any atom is -0.394 e. The number of likely N-dealkylation sites (tertiary alicyclic amines) is 1. The Morgan fingerprint density at radius 2 is 1.87 bits per heavy atom. The van der Waals surface area contributed by atoms with Gasteiger partial charge in [-0.2, -0.15) is 5.26 Å². The molecule has 0 spiro atoms. The summed E-state index contributed by atoms with van der Waals surface area (Å²) in [5.41, 5.74) is 2.54. The Labute approximate surface area is 176 Å². The number of carbonyl (C=O) groups is 1. The number of nitrogens with zero attached hydrogens (tertiary/aromatic N) is 2. The number of hydrogen-bond donors (Lipinski definition) is 2. The SMILES string of the molecule is N#C[C@H]1[C@@H](c2ccc(-c3cccc(F)c3)cc2)[C@@H](CO)N1C(=O)NC1CCCCC1. The fraction of sp³-hybridized carbons (Fsp3) is 0.417. The molecular formula is C24H26FN3O2. The van der Waals surface area contributed by atoms with Gasteiger partial charge < -0.3 is 15.3 Å². The molecule has 1 saturated carbocycles. The molecule has 2 aliphatic rings. The van der Waals surface area contributed by atoms with Crippen LogP contribution in [-0.2, 0) is 0 Å². The second-order valence-corrected chi connectivity index (χ2v) is 8.17. The van der Waals surface area contributed by atoms with Gasteiger partial charge in [-0.3, -0.25) is 0 Å². The molecule has 2 amide bonds. The molecule has 156 valence electrons. The van der Waals surface area contributed by atoms with Gasteiger partial charge in [-0.05, 0) is 41.7 Å². The summed E-state index contributed by atoms with van der Waals surface area (Å²) in [5.74, 6) is -0.543. The fourth-order valence-corrected chi connectivity index (χ4v) is 4.75. The highest BCUT2D eigenvalue weighted by Crippen LogP contribution is 2.41. The van der Waals surface area contributed by atoms with E-state index in [1.54, 1.807) is 6.07 Å². The number of amides is 2. The molecule has 3 atom stereocenters. The predicted octanol–water partition coefficient (Wildman–Crippen LogP) is 4.19. The van der Waals surface area contributed by atoms with E-state index in [4.69, 9.17) is 0 Å². The molecule has 30 heavy (non-hydrogen) atoms. The number of carbonyl (C=O) groups excluding carboxylic acids is 1. The van der Waals surface area contributed by atoms with Crippen molar-refractivity contribution < 1.29 is 14.3 Å². The van der Waals surface area contributed by atoms with Crippen LogP contribution >= 0.6 is 0 Å². The van der Waals surface area contributed by atoms with Crippen molar-refractivity contribution >= 4 is 6.03 Å². The molecule has 0 radical (unpaired) electrons. The number of aliphatic hydroxyl groups excluding tert-OH is 1. The molecular weight excluding hydrogens is 381 g/mol. The van der Waals surface area contributed by atoms with E-state index in [2.05, 4.69) is 11.4 Å². The first-order valence-corrected chi connectivity index (χ1v) is 10.6. The Hall–Kier alpha value is -2.91. The van der Waals surface area contributed by atoms with Crippen LogP contribution in [0, 0.1) is 17.1 Å². The standard InChI is InChI=1S/C24H26FN3O2/c25-19-6-4-5-18(13-19)16-9-11-17(12-10-16)23-21(14-26)28(22(23)15-29)24(30)27-20-7-2-1-3-8-20/h4-6,9-13,20-23,29H,1-3,7-8,15H2,(H,27,30)/t21-,22+,23+/m0/s1. The first-order chi connectivity index (χ1) is 14.6. The summed E-state index contributed by atoms with van der Waals surface area (Å²) in [7, 11) is 0. The largest absolute Gasteiger partial charge is 0.394 e. The van der Waals surface area contributed by atoms with Crippen LogP contribution in [0.5, 0.6) is 0 Å². The van der Waals surface area contributed by atoms with Gasteiger partial charge in [-0.25, -0.2) is 9.18 Å². The van der Waals surface area contributed by atoms with Gasteiger partial charge in [0.15, 0.2) is 0 Å². The fourth-order valence-electron chi connectivity index (χ4n) is 4.75. The summed E-state index contributed by atoms with van der Waals surface area (Å²) in [6.07, 6.45) is 5.34. The van der Waals surface area contributed by atoms with Crippen molar-refractivity contribution in [1.29, 1.82) is 5.26 Å². The molecule has 4 rings (SSSR count). The van der Waals surface area contributed by atoms with Crippen molar-refractivity contribution in [1.82, 2.24) is 10.2 Å². The molecule has 1 saturated heterocycles. The molecule has 1 aliphatic heterocycles. The number of urea groups is 1. The van der Waals surface area contributed by atoms with Crippen LogP contribution in [0.15, 0.2) is 48.5 Å². The van der Waals surface area contributed by atoms with Crippen molar-refractivity contribution in [2.24, 2.45) is 0 Å². The number of nitriles is 1. The third-order valence-electron chi connectivity index (χ3n) is 6.35. The number of rotatable bonds is 4.